The molecule has 0 aliphatic carbocycles. The topological polar surface area (TPSA) is 74.9 Å². The fourth-order valence-electron chi connectivity index (χ4n) is 3.30. The van der Waals surface area contributed by atoms with Crippen LogP contribution in [-0.4, -0.2) is 43.7 Å². The Labute approximate surface area is 198 Å². The zero-order valence-electron chi connectivity index (χ0n) is 18.2. The molecule has 172 valence electrons. The quantitative estimate of drug-likeness (QED) is 0.321. The van der Waals surface area contributed by atoms with E-state index in [1.807, 2.05) is 11.0 Å². The first-order valence-electron chi connectivity index (χ1n) is 9.97. The molecule has 2 aromatic rings. The van der Waals surface area contributed by atoms with Crippen molar-refractivity contribution in [1.29, 1.82) is 0 Å². The fraction of sp³-hybridized carbons (Fsp3) is 0.524. The minimum atomic E-state index is -2.85. The Hall–Kier alpha value is -2.11. The molecule has 0 bridgehead atoms. The predicted octanol–water partition coefficient (Wildman–Crippen LogP) is 4.14. The minimum absolute atomic E-state index is 0. The predicted molar refractivity (Wildman–Crippen MR) is 128 cm³/mol. The summed E-state index contributed by atoms with van der Waals surface area (Å²) in [4.78, 5) is 10.6. The Balaban J connectivity index is 0.00000341. The summed E-state index contributed by atoms with van der Waals surface area (Å²) in [7, 11) is 1.70. The summed E-state index contributed by atoms with van der Waals surface area (Å²) >= 11 is 0. The lowest BCUT2D eigenvalue weighted by Crippen LogP contribution is -2.44. The second-order valence-corrected chi connectivity index (χ2v) is 8.22. The van der Waals surface area contributed by atoms with Crippen LogP contribution in [-0.2, 0) is 12.0 Å². The zero-order valence-corrected chi connectivity index (χ0v) is 20.5. The van der Waals surface area contributed by atoms with Gasteiger partial charge in [-0.2, -0.15) is 8.78 Å². The molecule has 1 aliphatic rings. The van der Waals surface area contributed by atoms with Crippen LogP contribution in [0.4, 0.5) is 14.5 Å². The Morgan fingerprint density at radius 2 is 2.10 bits per heavy atom. The average molecular weight is 549 g/mol. The highest BCUT2D eigenvalue weighted by Gasteiger charge is 2.26. The number of para-hydroxylation sites is 2. The summed E-state index contributed by atoms with van der Waals surface area (Å²) in [6, 6.07) is 6.97. The van der Waals surface area contributed by atoms with Gasteiger partial charge in [-0.05, 0) is 18.6 Å². The Kier molecular flexibility index (Phi) is 8.90. The molecule has 31 heavy (non-hydrogen) atoms. The molecule has 1 aliphatic heterocycles. The van der Waals surface area contributed by atoms with Crippen LogP contribution in [0.25, 0.3) is 0 Å². The molecule has 1 unspecified atom stereocenters. The molecule has 0 radical (unpaired) electrons. The van der Waals surface area contributed by atoms with Crippen LogP contribution in [0.3, 0.4) is 0 Å². The molecular formula is C21H30F2IN5O2. The average Bonchev–Trinajstić information content (AvgIpc) is 3.34. The van der Waals surface area contributed by atoms with Gasteiger partial charge in [0.1, 0.15) is 11.5 Å². The number of nitrogens with zero attached hydrogens (tertiary/aromatic N) is 3. The van der Waals surface area contributed by atoms with E-state index in [4.69, 9.17) is 4.42 Å². The van der Waals surface area contributed by atoms with E-state index in [9.17, 15) is 8.78 Å². The number of hydrogen-bond donors (Lipinski definition) is 2. The summed E-state index contributed by atoms with van der Waals surface area (Å²) < 4.78 is 35.8. The maximum absolute atomic E-state index is 12.7. The van der Waals surface area contributed by atoms with Crippen molar-refractivity contribution >= 4 is 35.6 Å². The molecule has 1 aromatic heterocycles. The lowest BCUT2D eigenvalue weighted by atomic mass is 9.94. The summed E-state index contributed by atoms with van der Waals surface area (Å²) in [5.41, 5.74) is 0.572. The minimum Gasteiger partial charge on any atom is -0.443 e. The van der Waals surface area contributed by atoms with Gasteiger partial charge in [0.05, 0.1) is 18.4 Å². The number of anilines is 1. The third-order valence-corrected chi connectivity index (χ3v) is 4.87. The molecule has 0 spiro atoms. The molecule has 2 N–H and O–H groups in total. The molecule has 10 heteroatoms. The molecule has 3 rings (SSSR count). The van der Waals surface area contributed by atoms with Crippen molar-refractivity contribution in [1.82, 2.24) is 15.6 Å². The molecule has 1 fully saturated rings. The van der Waals surface area contributed by atoms with Crippen molar-refractivity contribution in [3.63, 3.8) is 0 Å². The summed E-state index contributed by atoms with van der Waals surface area (Å²) in [5, 5.41) is 6.58. The van der Waals surface area contributed by atoms with E-state index in [-0.39, 0.29) is 41.2 Å². The van der Waals surface area contributed by atoms with Crippen molar-refractivity contribution in [2.45, 2.75) is 51.8 Å². The van der Waals surface area contributed by atoms with Crippen LogP contribution in [0.2, 0.25) is 0 Å². The standard InChI is InChI=1S/C21H29F2N5O2.HI/c1-21(2,3)17-11-25-18(30-17)12-26-20(24-4)27-14-9-10-28(13-14)15-7-5-6-8-16(15)29-19(22)23;/h5-8,11,14,19H,9-10,12-13H2,1-4H3,(H2,24,26,27);1H. The van der Waals surface area contributed by atoms with E-state index in [1.54, 1.807) is 31.4 Å². The molecule has 2 heterocycles. The number of benzene rings is 1. The van der Waals surface area contributed by atoms with Gasteiger partial charge < -0.3 is 24.7 Å². The number of guanidine groups is 1. The third kappa shape index (κ3) is 6.94. The SMILES string of the molecule is CN=C(NCc1ncc(C(C)(C)C)o1)NC1CCN(c2ccccc2OC(F)F)C1.I. The van der Waals surface area contributed by atoms with Crippen LogP contribution >= 0.6 is 24.0 Å². The number of nitrogens with one attached hydrogen (secondary N) is 2. The number of alkyl halides is 2. The van der Waals surface area contributed by atoms with E-state index in [0.717, 1.165) is 18.7 Å². The maximum Gasteiger partial charge on any atom is 0.387 e. The number of aromatic nitrogens is 1. The zero-order chi connectivity index (χ0) is 21.7. The second-order valence-electron chi connectivity index (χ2n) is 8.22. The fourth-order valence-corrected chi connectivity index (χ4v) is 3.30. The number of rotatable bonds is 6. The van der Waals surface area contributed by atoms with Gasteiger partial charge in [0, 0.05) is 31.6 Å². The maximum atomic E-state index is 12.7. The third-order valence-electron chi connectivity index (χ3n) is 4.87. The van der Waals surface area contributed by atoms with Crippen molar-refractivity contribution < 1.29 is 17.9 Å². The highest BCUT2D eigenvalue weighted by Crippen LogP contribution is 2.31. The van der Waals surface area contributed by atoms with Gasteiger partial charge in [0.2, 0.25) is 5.89 Å². The number of hydrogen-bond acceptors (Lipinski definition) is 5. The Morgan fingerprint density at radius 1 is 1.35 bits per heavy atom. The lowest BCUT2D eigenvalue weighted by Gasteiger charge is -2.22. The monoisotopic (exact) mass is 549 g/mol. The van der Waals surface area contributed by atoms with Crippen LogP contribution in [0.1, 0.15) is 38.8 Å². The van der Waals surface area contributed by atoms with Gasteiger partial charge in [-0.25, -0.2) is 4.98 Å². The highest BCUT2D eigenvalue weighted by molar-refractivity contribution is 14.0. The lowest BCUT2D eigenvalue weighted by molar-refractivity contribution is -0.0495. The smallest absolute Gasteiger partial charge is 0.387 e. The Bertz CT molecular complexity index is 869. The first-order chi connectivity index (χ1) is 14.3. The molecule has 0 saturated carbocycles. The van der Waals surface area contributed by atoms with Crippen molar-refractivity contribution in [2.24, 2.45) is 4.99 Å². The van der Waals surface area contributed by atoms with Gasteiger partial charge in [-0.1, -0.05) is 32.9 Å². The summed E-state index contributed by atoms with van der Waals surface area (Å²) in [6.45, 7) is 5.16. The van der Waals surface area contributed by atoms with Crippen molar-refractivity contribution in [2.75, 3.05) is 25.0 Å². The van der Waals surface area contributed by atoms with Gasteiger partial charge in [-0.3, -0.25) is 4.99 Å². The highest BCUT2D eigenvalue weighted by atomic mass is 127. The van der Waals surface area contributed by atoms with Crippen molar-refractivity contribution in [3.05, 3.63) is 42.1 Å². The summed E-state index contributed by atoms with van der Waals surface area (Å²) in [6.07, 6.45) is 2.60. The normalized spacial score (nSPS) is 16.9. The molecule has 1 atom stereocenters. The van der Waals surface area contributed by atoms with Gasteiger partial charge in [-0.15, -0.1) is 24.0 Å². The van der Waals surface area contributed by atoms with Crippen LogP contribution in [0.5, 0.6) is 5.75 Å². The molecule has 7 nitrogen and oxygen atoms in total. The van der Waals surface area contributed by atoms with Crippen LogP contribution in [0, 0.1) is 0 Å². The summed E-state index contributed by atoms with van der Waals surface area (Å²) in [5.74, 6) is 2.25. The molecule has 1 saturated heterocycles. The van der Waals surface area contributed by atoms with Gasteiger partial charge >= 0.3 is 6.61 Å². The van der Waals surface area contributed by atoms with E-state index >= 15 is 0 Å². The molecule has 0 amide bonds. The van der Waals surface area contributed by atoms with Crippen LogP contribution in [0.15, 0.2) is 39.9 Å². The molecular weight excluding hydrogens is 519 g/mol. The van der Waals surface area contributed by atoms with E-state index in [1.165, 1.54) is 0 Å². The van der Waals surface area contributed by atoms with E-state index < -0.39 is 6.61 Å². The largest absolute Gasteiger partial charge is 0.443 e. The number of halogens is 3. The Morgan fingerprint density at radius 3 is 2.74 bits per heavy atom. The van der Waals surface area contributed by atoms with Gasteiger partial charge in [0.15, 0.2) is 5.96 Å². The van der Waals surface area contributed by atoms with E-state index in [0.29, 0.717) is 30.6 Å². The molecule has 1 aromatic carbocycles. The number of aliphatic imine (C=N–C) groups is 1. The second kappa shape index (κ2) is 11.0. The van der Waals surface area contributed by atoms with Crippen molar-refractivity contribution in [3.8, 4) is 5.75 Å². The first-order valence-corrected chi connectivity index (χ1v) is 9.97. The first kappa shape index (κ1) is 25.2. The van der Waals surface area contributed by atoms with Crippen LogP contribution < -0.4 is 20.3 Å². The number of ether oxygens (including phenoxy) is 1. The number of oxazole rings is 1. The van der Waals surface area contributed by atoms with E-state index in [2.05, 4.69) is 46.1 Å². The van der Waals surface area contributed by atoms with Gasteiger partial charge in [0.25, 0.3) is 0 Å².